The highest BCUT2D eigenvalue weighted by Crippen LogP contribution is 2.28. The summed E-state index contributed by atoms with van der Waals surface area (Å²) in [7, 11) is 0. The molecule has 0 saturated carbocycles. The van der Waals surface area contributed by atoms with Crippen molar-refractivity contribution in [2.24, 2.45) is 11.3 Å². The molecule has 0 aromatic heterocycles. The van der Waals surface area contributed by atoms with Crippen LogP contribution < -0.4 is 0 Å². The van der Waals surface area contributed by atoms with Crippen LogP contribution in [0, 0.1) is 11.3 Å². The largest absolute Gasteiger partial charge is 0.396 e. The molecule has 92 valence electrons. The van der Waals surface area contributed by atoms with E-state index in [1.165, 1.54) is 6.42 Å². The molecule has 2 atom stereocenters. The maximum Gasteiger partial charge on any atom is 0.0545 e. The third-order valence-electron chi connectivity index (χ3n) is 3.27. The summed E-state index contributed by atoms with van der Waals surface area (Å²) in [6.07, 6.45) is 4.54. The van der Waals surface area contributed by atoms with E-state index in [4.69, 9.17) is 5.11 Å². The Labute approximate surface area is 94.7 Å². The average Bonchev–Trinajstić information content (AvgIpc) is 2.13. The highest BCUT2D eigenvalue weighted by Gasteiger charge is 2.21. The van der Waals surface area contributed by atoms with Crippen molar-refractivity contribution >= 4 is 0 Å². The summed E-state index contributed by atoms with van der Waals surface area (Å²) in [5.41, 5.74) is 0.0591. The highest BCUT2D eigenvalue weighted by atomic mass is 16.3. The van der Waals surface area contributed by atoms with Crippen LogP contribution in [0.2, 0.25) is 0 Å². The quantitative estimate of drug-likeness (QED) is 0.655. The fourth-order valence-corrected chi connectivity index (χ4v) is 1.83. The molecule has 0 aliphatic rings. The van der Waals surface area contributed by atoms with Gasteiger partial charge in [0.05, 0.1) is 6.10 Å². The van der Waals surface area contributed by atoms with Gasteiger partial charge in [0, 0.05) is 6.61 Å². The fourth-order valence-electron chi connectivity index (χ4n) is 1.83. The number of hydrogen-bond donors (Lipinski definition) is 2. The molecule has 15 heavy (non-hydrogen) atoms. The van der Waals surface area contributed by atoms with Gasteiger partial charge in [0.2, 0.25) is 0 Å². The van der Waals surface area contributed by atoms with E-state index in [0.29, 0.717) is 5.92 Å². The molecule has 0 rings (SSSR count). The zero-order chi connectivity index (χ0) is 11.9. The van der Waals surface area contributed by atoms with Crippen molar-refractivity contribution in [2.75, 3.05) is 6.61 Å². The maximum atomic E-state index is 9.87. The molecule has 0 bridgehead atoms. The smallest absolute Gasteiger partial charge is 0.0545 e. The van der Waals surface area contributed by atoms with Crippen LogP contribution in [0.5, 0.6) is 0 Å². The molecule has 0 aliphatic carbocycles. The molecule has 0 fully saturated rings. The second-order valence-corrected chi connectivity index (χ2v) is 5.59. The highest BCUT2D eigenvalue weighted by molar-refractivity contribution is 4.73. The summed E-state index contributed by atoms with van der Waals surface area (Å²) in [6.45, 7) is 8.84. The van der Waals surface area contributed by atoms with Gasteiger partial charge in [0.25, 0.3) is 0 Å². The Morgan fingerprint density at radius 2 is 1.80 bits per heavy atom. The van der Waals surface area contributed by atoms with Gasteiger partial charge in [-0.1, -0.05) is 34.1 Å². The van der Waals surface area contributed by atoms with Crippen LogP contribution in [0.1, 0.15) is 59.8 Å². The van der Waals surface area contributed by atoms with Gasteiger partial charge in [-0.2, -0.15) is 0 Å². The molecule has 0 aromatic carbocycles. The Kier molecular flexibility index (Phi) is 7.20. The first kappa shape index (κ1) is 14.9. The molecule has 0 spiro atoms. The second kappa shape index (κ2) is 7.24. The molecule has 0 radical (unpaired) electrons. The Morgan fingerprint density at radius 1 is 1.20 bits per heavy atom. The molecular formula is C13H28O2. The third kappa shape index (κ3) is 7.80. The summed E-state index contributed by atoms with van der Waals surface area (Å²) in [4.78, 5) is 0. The second-order valence-electron chi connectivity index (χ2n) is 5.59. The van der Waals surface area contributed by atoms with Crippen LogP contribution in [0.15, 0.2) is 0 Å². The van der Waals surface area contributed by atoms with E-state index < -0.39 is 0 Å². The molecule has 0 saturated heterocycles. The molecule has 2 heteroatoms. The molecular weight excluding hydrogens is 188 g/mol. The zero-order valence-electron chi connectivity index (χ0n) is 10.8. The topological polar surface area (TPSA) is 40.5 Å². The maximum absolute atomic E-state index is 9.87. The Morgan fingerprint density at radius 3 is 2.27 bits per heavy atom. The molecule has 0 aliphatic heterocycles. The van der Waals surface area contributed by atoms with E-state index in [1.807, 2.05) is 0 Å². The van der Waals surface area contributed by atoms with Crippen LogP contribution in [-0.2, 0) is 0 Å². The van der Waals surface area contributed by atoms with E-state index in [9.17, 15) is 5.11 Å². The van der Waals surface area contributed by atoms with Gasteiger partial charge in [-0.3, -0.25) is 0 Å². The van der Waals surface area contributed by atoms with Crippen molar-refractivity contribution in [3.8, 4) is 0 Å². The van der Waals surface area contributed by atoms with Crippen LogP contribution in [0.3, 0.4) is 0 Å². The lowest BCUT2D eigenvalue weighted by Crippen LogP contribution is -2.22. The lowest BCUT2D eigenvalue weighted by atomic mass is 9.82. The van der Waals surface area contributed by atoms with Crippen molar-refractivity contribution in [3.63, 3.8) is 0 Å². The predicted molar refractivity (Wildman–Crippen MR) is 64.8 cm³/mol. The van der Waals surface area contributed by atoms with Crippen LogP contribution >= 0.6 is 0 Å². The minimum Gasteiger partial charge on any atom is -0.396 e. The lowest BCUT2D eigenvalue weighted by molar-refractivity contribution is 0.0856. The Hall–Kier alpha value is -0.0800. The van der Waals surface area contributed by atoms with Gasteiger partial charge in [0.1, 0.15) is 0 Å². The number of aliphatic hydroxyl groups is 2. The summed E-state index contributed by atoms with van der Waals surface area (Å²) >= 11 is 0. The van der Waals surface area contributed by atoms with Crippen molar-refractivity contribution in [3.05, 3.63) is 0 Å². The van der Waals surface area contributed by atoms with Gasteiger partial charge >= 0.3 is 0 Å². The molecule has 0 aromatic rings. The summed E-state index contributed by atoms with van der Waals surface area (Å²) < 4.78 is 0. The van der Waals surface area contributed by atoms with Crippen LogP contribution in [0.4, 0.5) is 0 Å². The standard InChI is InChI=1S/C13H28O2/c1-5-11(2)6-7-12(15)10-13(3,4)8-9-14/h11-12,14-15H,5-10H2,1-4H3. The average molecular weight is 216 g/mol. The lowest BCUT2D eigenvalue weighted by Gasteiger charge is -2.27. The Bertz CT molecular complexity index is 155. The molecule has 0 heterocycles. The van der Waals surface area contributed by atoms with Crippen molar-refractivity contribution < 1.29 is 10.2 Å². The third-order valence-corrected chi connectivity index (χ3v) is 3.27. The minimum absolute atomic E-state index is 0.0591. The molecule has 0 amide bonds. The van der Waals surface area contributed by atoms with E-state index in [0.717, 1.165) is 25.7 Å². The molecule has 2 unspecified atom stereocenters. The molecule has 2 nitrogen and oxygen atoms in total. The zero-order valence-corrected chi connectivity index (χ0v) is 10.8. The number of aliphatic hydroxyl groups excluding tert-OH is 2. The first-order chi connectivity index (χ1) is 6.91. The van der Waals surface area contributed by atoms with Gasteiger partial charge in [-0.25, -0.2) is 0 Å². The fraction of sp³-hybridized carbons (Fsp3) is 1.00. The summed E-state index contributed by atoms with van der Waals surface area (Å²) in [6, 6.07) is 0. The van der Waals surface area contributed by atoms with Gasteiger partial charge in [-0.05, 0) is 37.0 Å². The van der Waals surface area contributed by atoms with Crippen LogP contribution in [0.25, 0.3) is 0 Å². The predicted octanol–water partition coefficient (Wildman–Crippen LogP) is 2.97. The van der Waals surface area contributed by atoms with E-state index in [2.05, 4.69) is 27.7 Å². The summed E-state index contributed by atoms with van der Waals surface area (Å²) in [5.74, 6) is 0.709. The monoisotopic (exact) mass is 216 g/mol. The van der Waals surface area contributed by atoms with E-state index in [-0.39, 0.29) is 18.1 Å². The van der Waals surface area contributed by atoms with Crippen molar-refractivity contribution in [1.29, 1.82) is 0 Å². The van der Waals surface area contributed by atoms with E-state index in [1.54, 1.807) is 0 Å². The van der Waals surface area contributed by atoms with Gasteiger partial charge in [-0.15, -0.1) is 0 Å². The first-order valence-corrected chi connectivity index (χ1v) is 6.20. The van der Waals surface area contributed by atoms with Crippen LogP contribution in [-0.4, -0.2) is 22.9 Å². The number of rotatable bonds is 8. The van der Waals surface area contributed by atoms with Crippen molar-refractivity contribution in [2.45, 2.75) is 65.9 Å². The van der Waals surface area contributed by atoms with Gasteiger partial charge < -0.3 is 10.2 Å². The van der Waals surface area contributed by atoms with Crippen molar-refractivity contribution in [1.82, 2.24) is 0 Å². The van der Waals surface area contributed by atoms with E-state index >= 15 is 0 Å². The first-order valence-electron chi connectivity index (χ1n) is 6.20. The van der Waals surface area contributed by atoms with Gasteiger partial charge in [0.15, 0.2) is 0 Å². The Balaban J connectivity index is 3.77. The summed E-state index contributed by atoms with van der Waals surface area (Å²) in [5, 5.41) is 18.8. The SMILES string of the molecule is CCC(C)CCC(O)CC(C)(C)CCO. The number of hydrogen-bond acceptors (Lipinski definition) is 2. The molecule has 2 N–H and O–H groups in total. The normalized spacial score (nSPS) is 16.4. The minimum atomic E-state index is -0.208.